The Morgan fingerprint density at radius 2 is 0.844 bits per heavy atom. The maximum absolute atomic E-state index is 7.87. The first-order valence-electron chi connectivity index (χ1n) is 11.8. The topological polar surface area (TPSA) is 0 Å². The summed E-state index contributed by atoms with van der Waals surface area (Å²) in [5.74, 6) is 0. The van der Waals surface area contributed by atoms with Gasteiger partial charge in [-0.15, -0.1) is 0 Å². The number of rotatable bonds is 4. The molecule has 1 radical (unpaired) electrons. The number of hydrogen-bond acceptors (Lipinski definition) is 0. The SMILES string of the molecule is CC(C)(C)[Si](C)(C)[C]1=C(c2ccccc2)C(c2ccccc2)=[C]([Si](C)(C)C(C)(C)C)[Sn]1[Cl]. The van der Waals surface area contributed by atoms with E-state index in [4.69, 9.17) is 8.92 Å². The number of halogens is 1. The molecule has 0 amide bonds. The second-order valence-corrected chi connectivity index (χ2v) is 32.8. The standard InChI is InChI=1S/C28H40Si2.ClH.Sn/c1-27(2,3)29(7,8)21-25(23-17-13-11-14-18-23)26(24-19-15-12-16-20-24)22-30(9,10)28(4,5)6;;/h11-20H,1-10H3;1H;/q;;+1/p-1. The summed E-state index contributed by atoms with van der Waals surface area (Å²) in [5, 5.41) is 0.515. The number of benzene rings is 2. The van der Waals surface area contributed by atoms with E-state index in [2.05, 4.69) is 128 Å². The van der Waals surface area contributed by atoms with E-state index in [0.717, 1.165) is 0 Å². The minimum absolute atomic E-state index is 0.258. The molecule has 0 fully saturated rings. The van der Waals surface area contributed by atoms with Crippen molar-refractivity contribution in [2.45, 2.75) is 77.8 Å². The molecule has 0 unspecified atom stereocenters. The first kappa shape index (κ1) is 26.1. The summed E-state index contributed by atoms with van der Waals surface area (Å²) in [7, 11) is 4.23. The van der Waals surface area contributed by atoms with Gasteiger partial charge in [-0.2, -0.15) is 0 Å². The maximum atomic E-state index is 7.87. The fraction of sp³-hybridized carbons (Fsp3) is 0.429. The monoisotopic (exact) mass is 587 g/mol. The van der Waals surface area contributed by atoms with E-state index in [-0.39, 0.29) is 10.1 Å². The second kappa shape index (κ2) is 8.90. The Morgan fingerprint density at radius 1 is 0.562 bits per heavy atom. The molecule has 2 aromatic rings. The van der Waals surface area contributed by atoms with E-state index < -0.39 is 34.8 Å². The van der Waals surface area contributed by atoms with Crippen LogP contribution in [0.4, 0.5) is 0 Å². The predicted molar refractivity (Wildman–Crippen MR) is 153 cm³/mol. The van der Waals surface area contributed by atoms with Gasteiger partial charge in [-0.05, 0) is 0 Å². The Labute approximate surface area is 209 Å². The quantitative estimate of drug-likeness (QED) is 0.313. The zero-order valence-electron chi connectivity index (χ0n) is 21.7. The van der Waals surface area contributed by atoms with E-state index in [1.165, 1.54) is 22.3 Å². The van der Waals surface area contributed by atoms with Gasteiger partial charge in [-0.25, -0.2) is 0 Å². The Kier molecular flexibility index (Phi) is 7.25. The average molecular weight is 587 g/mol. The van der Waals surface area contributed by atoms with E-state index in [0.29, 0.717) is 0 Å². The molecule has 171 valence electrons. The summed E-state index contributed by atoms with van der Waals surface area (Å²) in [5.41, 5.74) is 5.73. The van der Waals surface area contributed by atoms with Crippen LogP contribution < -0.4 is 0 Å². The molecule has 1 aliphatic rings. The molecule has 0 aliphatic carbocycles. The molecule has 1 heterocycles. The molecule has 4 heteroatoms. The van der Waals surface area contributed by atoms with Crippen molar-refractivity contribution < 1.29 is 0 Å². The summed E-state index contributed by atoms with van der Waals surface area (Å²) in [4.78, 5) is 0. The van der Waals surface area contributed by atoms with Crippen molar-refractivity contribution in [3.63, 3.8) is 0 Å². The van der Waals surface area contributed by atoms with Crippen LogP contribution in [0.5, 0.6) is 0 Å². The normalized spacial score (nSPS) is 16.8. The third-order valence-corrected chi connectivity index (χ3v) is 41.5. The summed E-state index contributed by atoms with van der Waals surface area (Å²) >= 11 is -2.58. The van der Waals surface area contributed by atoms with Crippen molar-refractivity contribution in [1.82, 2.24) is 0 Å². The van der Waals surface area contributed by atoms with Crippen LogP contribution in [0.2, 0.25) is 36.3 Å². The van der Waals surface area contributed by atoms with Gasteiger partial charge in [0.15, 0.2) is 0 Å². The van der Waals surface area contributed by atoms with E-state index in [1.807, 2.05) is 0 Å². The number of hydrogen-bond donors (Lipinski definition) is 0. The van der Waals surface area contributed by atoms with E-state index in [1.54, 1.807) is 6.42 Å². The Balaban J connectivity index is 2.50. The molecule has 0 nitrogen and oxygen atoms in total. The van der Waals surface area contributed by atoms with Crippen molar-refractivity contribution in [2.75, 3.05) is 0 Å². The average Bonchev–Trinajstić information content (AvgIpc) is 3.01. The van der Waals surface area contributed by atoms with Gasteiger partial charge in [0.05, 0.1) is 0 Å². The first-order chi connectivity index (χ1) is 14.6. The van der Waals surface area contributed by atoms with Crippen LogP contribution in [-0.4, -0.2) is 34.8 Å². The Bertz CT molecular complexity index is 951. The molecule has 0 bridgehead atoms. The first-order valence-corrected chi connectivity index (χ1v) is 24.2. The molecule has 3 rings (SSSR count). The Morgan fingerprint density at radius 3 is 1.09 bits per heavy atom. The fourth-order valence-electron chi connectivity index (χ4n) is 4.31. The molecule has 0 atom stereocenters. The molecule has 0 N–H and O–H groups in total. The molecular weight excluding hydrogens is 547 g/mol. The molecule has 2 aromatic carbocycles. The van der Waals surface area contributed by atoms with Crippen LogP contribution in [0.3, 0.4) is 0 Å². The zero-order valence-corrected chi connectivity index (χ0v) is 27.3. The summed E-state index contributed by atoms with van der Waals surface area (Å²) in [6.07, 6.45) is 0. The van der Waals surface area contributed by atoms with Gasteiger partial charge in [-0.3, -0.25) is 0 Å². The third-order valence-electron chi connectivity index (χ3n) is 8.31. The molecule has 0 aromatic heterocycles. The Hall–Kier alpha value is -0.558. The molecule has 1 aliphatic heterocycles. The van der Waals surface area contributed by atoms with Crippen molar-refractivity contribution in [3.8, 4) is 0 Å². The number of allylic oxidation sites excluding steroid dienone is 2. The van der Waals surface area contributed by atoms with Crippen molar-refractivity contribution in [1.29, 1.82) is 0 Å². The summed E-state index contributed by atoms with van der Waals surface area (Å²) in [6, 6.07) is 22.3. The van der Waals surface area contributed by atoms with Gasteiger partial charge < -0.3 is 0 Å². The van der Waals surface area contributed by atoms with E-state index >= 15 is 0 Å². The second-order valence-electron chi connectivity index (χ2n) is 12.3. The van der Waals surface area contributed by atoms with Crippen molar-refractivity contribution in [3.05, 3.63) is 78.2 Å². The van der Waals surface area contributed by atoms with Gasteiger partial charge in [0.25, 0.3) is 0 Å². The van der Waals surface area contributed by atoms with Gasteiger partial charge in [0, 0.05) is 0 Å². The van der Waals surface area contributed by atoms with Gasteiger partial charge in [0.2, 0.25) is 0 Å². The van der Waals surface area contributed by atoms with Crippen molar-refractivity contribution >= 4 is 54.8 Å². The van der Waals surface area contributed by atoms with Gasteiger partial charge in [0.1, 0.15) is 0 Å². The van der Waals surface area contributed by atoms with Crippen molar-refractivity contribution in [2.24, 2.45) is 0 Å². The molecule has 0 spiro atoms. The van der Waals surface area contributed by atoms with Crippen LogP contribution in [0, 0.1) is 0 Å². The zero-order chi connectivity index (χ0) is 24.1. The van der Waals surface area contributed by atoms with Crippen LogP contribution in [0.25, 0.3) is 11.1 Å². The fourth-order valence-corrected chi connectivity index (χ4v) is 41.3. The van der Waals surface area contributed by atoms with Crippen LogP contribution in [0.15, 0.2) is 67.1 Å². The molecule has 0 saturated heterocycles. The minimum atomic E-state index is -2.58. The van der Waals surface area contributed by atoms with Gasteiger partial charge in [-0.1, -0.05) is 0 Å². The van der Waals surface area contributed by atoms with Crippen LogP contribution >= 0.6 is 8.92 Å². The van der Waals surface area contributed by atoms with Crippen LogP contribution in [0.1, 0.15) is 52.7 Å². The third kappa shape index (κ3) is 4.42. The summed E-state index contributed by atoms with van der Waals surface area (Å²) < 4.78 is 3.44. The molecule has 32 heavy (non-hydrogen) atoms. The predicted octanol–water partition coefficient (Wildman–Crippen LogP) is 9.31. The van der Waals surface area contributed by atoms with Crippen LogP contribution in [-0.2, 0) is 0 Å². The molecule has 0 saturated carbocycles. The van der Waals surface area contributed by atoms with E-state index in [9.17, 15) is 0 Å². The molecular formula is C28H40ClSi2Sn. The van der Waals surface area contributed by atoms with Gasteiger partial charge >= 0.3 is 211 Å². The summed E-state index contributed by atoms with van der Waals surface area (Å²) in [6.45, 7) is 24.9.